The molecule has 0 spiro atoms. The van der Waals surface area contributed by atoms with Crippen molar-refractivity contribution in [3.63, 3.8) is 0 Å². The predicted molar refractivity (Wildman–Crippen MR) is 32.9 cm³/mol. The molecule has 0 saturated heterocycles. The van der Waals surface area contributed by atoms with Crippen molar-refractivity contribution in [2.24, 2.45) is 0 Å². The number of nitrogens with zero attached hydrogens (tertiary/aromatic N) is 3. The highest BCUT2D eigenvalue weighted by atomic mass is 16.6. The van der Waals surface area contributed by atoms with Crippen molar-refractivity contribution in [3.05, 3.63) is 30.9 Å². The Morgan fingerprint density at radius 2 is 1.90 bits per heavy atom. The van der Waals surface area contributed by atoms with E-state index in [9.17, 15) is 0 Å². The van der Waals surface area contributed by atoms with Crippen molar-refractivity contribution < 1.29 is 4.63 Å². The fourth-order valence-electron chi connectivity index (χ4n) is 0.351. The van der Waals surface area contributed by atoms with E-state index < -0.39 is 0 Å². The molecule has 0 radical (unpaired) electrons. The summed E-state index contributed by atoms with van der Waals surface area (Å²) in [5.41, 5.74) is 0. The highest BCUT2D eigenvalue weighted by molar-refractivity contribution is 4.72. The topological polar surface area (TPSA) is 67.6 Å². The summed E-state index contributed by atoms with van der Waals surface area (Å²) in [5.74, 6) is 0. The van der Waals surface area contributed by atoms with Crippen molar-refractivity contribution in [1.82, 2.24) is 20.5 Å². The minimum atomic E-state index is 1.47. The number of hydrogen-bond donors (Lipinski definition) is 1. The molecular weight excluding hydrogens is 132 g/mol. The first-order chi connectivity index (χ1) is 5.00. The highest BCUT2D eigenvalue weighted by Crippen LogP contribution is 1.64. The maximum atomic E-state index is 4.08. The Morgan fingerprint density at radius 1 is 1.10 bits per heavy atom. The summed E-state index contributed by atoms with van der Waals surface area (Å²) in [6, 6.07) is 1.83. The molecule has 2 aromatic heterocycles. The van der Waals surface area contributed by atoms with Gasteiger partial charge in [-0.25, -0.2) is 4.63 Å². The van der Waals surface area contributed by atoms with E-state index in [2.05, 4.69) is 25.1 Å². The van der Waals surface area contributed by atoms with Crippen molar-refractivity contribution in [2.45, 2.75) is 0 Å². The molecule has 2 aromatic rings. The van der Waals surface area contributed by atoms with Gasteiger partial charge in [0.25, 0.3) is 0 Å². The van der Waals surface area contributed by atoms with Crippen LogP contribution in [0.5, 0.6) is 0 Å². The Labute approximate surface area is 57.0 Å². The largest absolute Gasteiger partial charge is 0.286 e. The van der Waals surface area contributed by atoms with Crippen LogP contribution in [-0.2, 0) is 0 Å². The Morgan fingerprint density at radius 3 is 2.10 bits per heavy atom. The van der Waals surface area contributed by atoms with Crippen LogP contribution < -0.4 is 0 Å². The molecule has 0 unspecified atom stereocenters. The summed E-state index contributed by atoms with van der Waals surface area (Å²) in [6.45, 7) is 0. The molecule has 0 atom stereocenters. The number of nitrogens with one attached hydrogen (secondary N) is 1. The summed E-state index contributed by atoms with van der Waals surface area (Å²) in [6.07, 6.45) is 6.40. The van der Waals surface area contributed by atoms with Crippen LogP contribution in [0, 0.1) is 0 Å². The van der Waals surface area contributed by atoms with Crippen molar-refractivity contribution in [1.29, 1.82) is 0 Å². The average Bonchev–Trinajstić information content (AvgIpc) is 2.67. The van der Waals surface area contributed by atoms with Crippen LogP contribution in [0.15, 0.2) is 35.5 Å². The summed E-state index contributed by atoms with van der Waals surface area (Å²) in [5, 5.41) is 12.7. The summed E-state index contributed by atoms with van der Waals surface area (Å²) < 4.78 is 4.08. The van der Waals surface area contributed by atoms with Gasteiger partial charge in [-0.3, -0.25) is 5.10 Å². The van der Waals surface area contributed by atoms with Gasteiger partial charge in [-0.05, 0) is 6.07 Å². The monoisotopic (exact) mass is 138 g/mol. The van der Waals surface area contributed by atoms with Gasteiger partial charge in [0, 0.05) is 12.4 Å². The van der Waals surface area contributed by atoms with E-state index in [4.69, 9.17) is 0 Å². The lowest BCUT2D eigenvalue weighted by molar-refractivity contribution is 0.307. The SMILES string of the molecule is c1cn[nH]c1.c1cnon1. The maximum absolute atomic E-state index is 4.08. The quantitative estimate of drug-likeness (QED) is 0.574. The van der Waals surface area contributed by atoms with E-state index in [1.54, 1.807) is 12.4 Å². The Balaban J connectivity index is 0.0000001000. The van der Waals surface area contributed by atoms with Gasteiger partial charge >= 0.3 is 0 Å². The molecule has 0 aliphatic rings. The predicted octanol–water partition coefficient (Wildman–Crippen LogP) is 0.479. The number of aromatic amines is 1. The first kappa shape index (κ1) is 6.47. The normalized spacial score (nSPS) is 8.00. The molecule has 0 aliphatic carbocycles. The summed E-state index contributed by atoms with van der Waals surface area (Å²) in [4.78, 5) is 0. The van der Waals surface area contributed by atoms with Crippen LogP contribution in [0.2, 0.25) is 0 Å². The van der Waals surface area contributed by atoms with Crippen LogP contribution in [0.3, 0.4) is 0 Å². The maximum Gasteiger partial charge on any atom is 0.0913 e. The standard InChI is InChI=1S/C3H4N2.C2H2N2O/c2*1-2-4-5-3-1/h1-3H,(H,4,5);1-2H. The van der Waals surface area contributed by atoms with E-state index in [-0.39, 0.29) is 0 Å². The Kier molecular flexibility index (Phi) is 2.75. The second-order valence-corrected chi connectivity index (χ2v) is 1.36. The molecule has 0 saturated carbocycles. The van der Waals surface area contributed by atoms with Crippen LogP contribution in [0.1, 0.15) is 0 Å². The van der Waals surface area contributed by atoms with E-state index in [1.807, 2.05) is 6.07 Å². The lowest BCUT2D eigenvalue weighted by atomic mass is 10.8. The highest BCUT2D eigenvalue weighted by Gasteiger charge is 1.61. The minimum absolute atomic E-state index is 1.47. The Bertz CT molecular complexity index is 153. The van der Waals surface area contributed by atoms with E-state index in [0.29, 0.717) is 0 Å². The van der Waals surface area contributed by atoms with Crippen LogP contribution in [0.4, 0.5) is 0 Å². The smallest absolute Gasteiger partial charge is 0.0913 e. The van der Waals surface area contributed by atoms with E-state index in [0.717, 1.165) is 0 Å². The van der Waals surface area contributed by atoms with Crippen LogP contribution in [-0.4, -0.2) is 20.5 Å². The second-order valence-electron chi connectivity index (χ2n) is 1.36. The van der Waals surface area contributed by atoms with Gasteiger partial charge in [0.05, 0.1) is 12.4 Å². The third-order valence-electron chi connectivity index (χ3n) is 0.689. The number of rotatable bonds is 0. The Hall–Kier alpha value is -1.65. The van der Waals surface area contributed by atoms with Gasteiger partial charge in [-0.2, -0.15) is 5.10 Å². The van der Waals surface area contributed by atoms with Gasteiger partial charge in [0.15, 0.2) is 0 Å². The molecule has 0 amide bonds. The zero-order valence-electron chi connectivity index (χ0n) is 5.14. The fraction of sp³-hybridized carbons (Fsp3) is 0. The van der Waals surface area contributed by atoms with E-state index >= 15 is 0 Å². The second kappa shape index (κ2) is 4.25. The lowest BCUT2D eigenvalue weighted by Gasteiger charge is -1.49. The molecule has 52 valence electrons. The van der Waals surface area contributed by atoms with Crippen LogP contribution >= 0.6 is 0 Å². The molecule has 0 bridgehead atoms. The molecule has 2 heterocycles. The van der Waals surface area contributed by atoms with Crippen LogP contribution in [0.25, 0.3) is 0 Å². The van der Waals surface area contributed by atoms with E-state index in [1.165, 1.54) is 12.4 Å². The third-order valence-corrected chi connectivity index (χ3v) is 0.689. The molecule has 5 heteroatoms. The van der Waals surface area contributed by atoms with Crippen molar-refractivity contribution in [2.75, 3.05) is 0 Å². The molecule has 2 rings (SSSR count). The lowest BCUT2D eigenvalue weighted by Crippen LogP contribution is -1.53. The summed E-state index contributed by atoms with van der Waals surface area (Å²) >= 11 is 0. The summed E-state index contributed by atoms with van der Waals surface area (Å²) in [7, 11) is 0. The number of hydrogen-bond acceptors (Lipinski definition) is 4. The van der Waals surface area contributed by atoms with Gasteiger partial charge in [-0.1, -0.05) is 10.3 Å². The molecule has 0 fully saturated rings. The minimum Gasteiger partial charge on any atom is -0.286 e. The third kappa shape index (κ3) is 2.61. The number of H-pyrrole nitrogens is 1. The van der Waals surface area contributed by atoms with Gasteiger partial charge in [0.2, 0.25) is 0 Å². The fourth-order valence-corrected chi connectivity index (χ4v) is 0.351. The first-order valence-electron chi connectivity index (χ1n) is 2.65. The van der Waals surface area contributed by atoms with Gasteiger partial charge in [-0.15, -0.1) is 0 Å². The molecule has 10 heavy (non-hydrogen) atoms. The van der Waals surface area contributed by atoms with Gasteiger partial charge < -0.3 is 0 Å². The molecule has 5 nitrogen and oxygen atoms in total. The average molecular weight is 138 g/mol. The zero-order chi connectivity index (χ0) is 7.07. The first-order valence-corrected chi connectivity index (χ1v) is 2.65. The molecule has 0 aliphatic heterocycles. The molecule has 0 aromatic carbocycles. The van der Waals surface area contributed by atoms with Crippen molar-refractivity contribution >= 4 is 0 Å². The van der Waals surface area contributed by atoms with Gasteiger partial charge in [0.1, 0.15) is 0 Å². The molecule has 1 N–H and O–H groups in total. The zero-order valence-corrected chi connectivity index (χ0v) is 5.14. The molecular formula is C5H6N4O. The van der Waals surface area contributed by atoms with Crippen molar-refractivity contribution in [3.8, 4) is 0 Å². The number of aromatic nitrogens is 4.